The van der Waals surface area contributed by atoms with Gasteiger partial charge in [0.2, 0.25) is 11.9 Å². The van der Waals surface area contributed by atoms with Gasteiger partial charge in [0.1, 0.15) is 11.6 Å². The molecule has 0 radical (unpaired) electrons. The molecule has 1 aromatic heterocycles. The highest BCUT2D eigenvalue weighted by Crippen LogP contribution is 2.29. The van der Waals surface area contributed by atoms with Crippen LogP contribution in [0.15, 0.2) is 24.3 Å². The summed E-state index contributed by atoms with van der Waals surface area (Å²) in [5.74, 6) is 2.33. The van der Waals surface area contributed by atoms with E-state index >= 15 is 0 Å². The highest BCUT2D eigenvalue weighted by Gasteiger charge is 2.24. The van der Waals surface area contributed by atoms with Crippen LogP contribution in [0.25, 0.3) is 0 Å². The summed E-state index contributed by atoms with van der Waals surface area (Å²) < 4.78 is 0. The van der Waals surface area contributed by atoms with Gasteiger partial charge in [-0.1, -0.05) is 6.07 Å². The predicted molar refractivity (Wildman–Crippen MR) is 132 cm³/mol. The van der Waals surface area contributed by atoms with Crippen LogP contribution in [-0.2, 0) is 17.8 Å². The number of aromatic nitrogens is 2. The molecule has 2 saturated heterocycles. The van der Waals surface area contributed by atoms with Crippen LogP contribution in [0.5, 0.6) is 0 Å². The summed E-state index contributed by atoms with van der Waals surface area (Å²) >= 11 is 0. The van der Waals surface area contributed by atoms with Gasteiger partial charge in [-0.2, -0.15) is 9.97 Å². The smallest absolute Gasteiger partial charge is 0.223 e. The molecule has 33 heavy (non-hydrogen) atoms. The number of amides is 1. The number of likely N-dealkylation sites (N-methyl/N-ethyl adjacent to an activating group) is 1. The van der Waals surface area contributed by atoms with E-state index in [1.54, 1.807) is 6.92 Å². The summed E-state index contributed by atoms with van der Waals surface area (Å²) in [7, 11) is 2.15. The first-order valence-corrected chi connectivity index (χ1v) is 11.9. The summed E-state index contributed by atoms with van der Waals surface area (Å²) in [6.45, 7) is 10.7. The second-order valence-electron chi connectivity index (χ2n) is 9.35. The average Bonchev–Trinajstić information content (AvgIpc) is 2.83. The van der Waals surface area contributed by atoms with Gasteiger partial charge in [0, 0.05) is 84.1 Å². The SMILES string of the molecule is CC(=O)N1CCN(c2ccc3c(c2)CN(c2cc(N4CCN(C)CC4)nc(N)n2)CC3)CC1. The number of hydrogen-bond donors (Lipinski definition) is 1. The molecular weight excluding hydrogens is 416 g/mol. The molecule has 0 atom stereocenters. The second kappa shape index (κ2) is 9.05. The molecule has 0 aliphatic carbocycles. The van der Waals surface area contributed by atoms with Crippen molar-refractivity contribution in [3.63, 3.8) is 0 Å². The molecule has 5 rings (SSSR count). The number of nitrogen functional groups attached to an aromatic ring is 1. The summed E-state index contributed by atoms with van der Waals surface area (Å²) in [6.07, 6.45) is 0.988. The summed E-state index contributed by atoms with van der Waals surface area (Å²) in [5, 5.41) is 0. The van der Waals surface area contributed by atoms with Crippen molar-refractivity contribution >= 4 is 29.2 Å². The average molecular weight is 451 g/mol. The van der Waals surface area contributed by atoms with E-state index in [4.69, 9.17) is 5.73 Å². The predicted octanol–water partition coefficient (Wildman–Crippen LogP) is 1.04. The minimum Gasteiger partial charge on any atom is -0.368 e. The topological polar surface area (TPSA) is 85.1 Å². The zero-order chi connectivity index (χ0) is 22.9. The Hall–Kier alpha value is -3.07. The van der Waals surface area contributed by atoms with Crippen LogP contribution in [0.1, 0.15) is 18.1 Å². The minimum absolute atomic E-state index is 0.163. The normalized spacial score (nSPS) is 19.6. The van der Waals surface area contributed by atoms with Crippen LogP contribution in [0.4, 0.5) is 23.3 Å². The first-order valence-electron chi connectivity index (χ1n) is 11.9. The third-order valence-electron chi connectivity index (χ3n) is 7.16. The summed E-state index contributed by atoms with van der Waals surface area (Å²) in [4.78, 5) is 32.0. The molecule has 3 aliphatic heterocycles. The van der Waals surface area contributed by atoms with Crippen molar-refractivity contribution in [2.75, 3.05) is 86.4 Å². The molecular formula is C24H34N8O. The largest absolute Gasteiger partial charge is 0.368 e. The Balaban J connectivity index is 1.32. The maximum atomic E-state index is 11.6. The standard InChI is InChI=1S/C24H34N8O/c1-18(33)29-11-13-30(14-12-29)21-4-3-19-5-6-32(17-20(19)15-21)23-16-22(26-24(25)27-23)31-9-7-28(2)8-10-31/h3-4,15-16H,5-14,17H2,1-2H3,(H2,25,26,27). The van der Waals surface area contributed by atoms with E-state index in [0.717, 1.165) is 83.5 Å². The molecule has 0 saturated carbocycles. The maximum Gasteiger partial charge on any atom is 0.223 e. The summed E-state index contributed by atoms with van der Waals surface area (Å²) in [5.41, 5.74) is 10.1. The van der Waals surface area contributed by atoms with E-state index < -0.39 is 0 Å². The highest BCUT2D eigenvalue weighted by molar-refractivity contribution is 5.73. The van der Waals surface area contributed by atoms with Crippen molar-refractivity contribution < 1.29 is 4.79 Å². The van der Waals surface area contributed by atoms with Crippen molar-refractivity contribution in [3.05, 3.63) is 35.4 Å². The fourth-order valence-electron chi connectivity index (χ4n) is 5.01. The van der Waals surface area contributed by atoms with Gasteiger partial charge in [0.25, 0.3) is 0 Å². The first kappa shape index (κ1) is 21.8. The Kier molecular flexibility index (Phi) is 5.97. The third-order valence-corrected chi connectivity index (χ3v) is 7.16. The van der Waals surface area contributed by atoms with Crippen LogP contribution in [-0.4, -0.2) is 91.6 Å². The molecule has 3 aliphatic rings. The number of carbonyl (C=O) groups is 1. The number of nitrogens with zero attached hydrogens (tertiary/aromatic N) is 7. The first-order chi connectivity index (χ1) is 16.0. The molecule has 0 unspecified atom stereocenters. The van der Waals surface area contributed by atoms with Gasteiger partial charge in [-0.3, -0.25) is 4.79 Å². The lowest BCUT2D eigenvalue weighted by Crippen LogP contribution is -2.48. The Morgan fingerprint density at radius 1 is 0.818 bits per heavy atom. The highest BCUT2D eigenvalue weighted by atomic mass is 16.2. The quantitative estimate of drug-likeness (QED) is 0.743. The number of hydrogen-bond acceptors (Lipinski definition) is 8. The lowest BCUT2D eigenvalue weighted by Gasteiger charge is -2.37. The zero-order valence-electron chi connectivity index (χ0n) is 19.7. The third kappa shape index (κ3) is 4.68. The van der Waals surface area contributed by atoms with Gasteiger partial charge in [0.15, 0.2) is 0 Å². The Morgan fingerprint density at radius 3 is 2.18 bits per heavy atom. The fraction of sp³-hybridized carbons (Fsp3) is 0.542. The fourth-order valence-corrected chi connectivity index (χ4v) is 5.01. The maximum absolute atomic E-state index is 11.6. The van der Waals surface area contributed by atoms with Crippen LogP contribution in [0, 0.1) is 0 Å². The Morgan fingerprint density at radius 2 is 1.48 bits per heavy atom. The van der Waals surface area contributed by atoms with Gasteiger partial charge in [0.05, 0.1) is 0 Å². The van der Waals surface area contributed by atoms with Crippen molar-refractivity contribution in [3.8, 4) is 0 Å². The van der Waals surface area contributed by atoms with E-state index in [9.17, 15) is 4.79 Å². The number of rotatable bonds is 3. The van der Waals surface area contributed by atoms with Crippen molar-refractivity contribution in [2.24, 2.45) is 0 Å². The van der Waals surface area contributed by atoms with E-state index in [2.05, 4.69) is 60.9 Å². The Labute approximate surface area is 195 Å². The van der Waals surface area contributed by atoms with Crippen LogP contribution < -0.4 is 20.4 Å². The van der Waals surface area contributed by atoms with Gasteiger partial charge >= 0.3 is 0 Å². The number of nitrogens with two attached hydrogens (primary N) is 1. The molecule has 0 bridgehead atoms. The van der Waals surface area contributed by atoms with Gasteiger partial charge in [-0.05, 0) is 36.7 Å². The molecule has 1 amide bonds. The zero-order valence-corrected chi connectivity index (χ0v) is 19.7. The molecule has 1 aromatic carbocycles. The van der Waals surface area contributed by atoms with Crippen molar-refractivity contribution in [2.45, 2.75) is 19.9 Å². The number of benzene rings is 1. The van der Waals surface area contributed by atoms with E-state index in [-0.39, 0.29) is 5.91 Å². The van der Waals surface area contributed by atoms with Gasteiger partial charge < -0.3 is 30.2 Å². The van der Waals surface area contributed by atoms with Gasteiger partial charge in [-0.25, -0.2) is 0 Å². The summed E-state index contributed by atoms with van der Waals surface area (Å²) in [6, 6.07) is 8.91. The molecule has 4 heterocycles. The lowest BCUT2D eigenvalue weighted by atomic mass is 9.98. The van der Waals surface area contributed by atoms with Crippen molar-refractivity contribution in [1.29, 1.82) is 0 Å². The molecule has 176 valence electrons. The number of fused-ring (bicyclic) bond motifs is 1. The number of piperazine rings is 2. The monoisotopic (exact) mass is 450 g/mol. The Bertz CT molecular complexity index is 1010. The van der Waals surface area contributed by atoms with Crippen LogP contribution >= 0.6 is 0 Å². The lowest BCUT2D eigenvalue weighted by molar-refractivity contribution is -0.129. The number of carbonyl (C=O) groups excluding carboxylic acids is 1. The van der Waals surface area contributed by atoms with Crippen molar-refractivity contribution in [1.82, 2.24) is 19.8 Å². The van der Waals surface area contributed by atoms with E-state index in [0.29, 0.717) is 5.95 Å². The molecule has 9 heteroatoms. The van der Waals surface area contributed by atoms with Crippen LogP contribution in [0.2, 0.25) is 0 Å². The minimum atomic E-state index is 0.163. The molecule has 0 spiro atoms. The number of anilines is 4. The molecule has 2 aromatic rings. The molecule has 2 N–H and O–H groups in total. The van der Waals surface area contributed by atoms with Gasteiger partial charge in [-0.15, -0.1) is 0 Å². The molecule has 2 fully saturated rings. The van der Waals surface area contributed by atoms with E-state index in [1.165, 1.54) is 16.8 Å². The molecule has 9 nitrogen and oxygen atoms in total. The van der Waals surface area contributed by atoms with Crippen LogP contribution in [0.3, 0.4) is 0 Å². The van der Waals surface area contributed by atoms with E-state index in [1.807, 2.05) is 4.90 Å². The second-order valence-corrected chi connectivity index (χ2v) is 9.35.